The lowest BCUT2D eigenvalue weighted by Gasteiger charge is -2.48. The van der Waals surface area contributed by atoms with Crippen LogP contribution in [0.3, 0.4) is 0 Å². The van der Waals surface area contributed by atoms with E-state index in [9.17, 15) is 0 Å². The van der Waals surface area contributed by atoms with E-state index in [1.165, 1.54) is 29.7 Å². The summed E-state index contributed by atoms with van der Waals surface area (Å²) in [6.45, 7) is 5.70. The van der Waals surface area contributed by atoms with Gasteiger partial charge in [0.25, 0.3) is 0 Å². The normalized spacial score (nSPS) is 30.1. The maximum Gasteiger partial charge on any atom is 0.0488 e. The molecule has 0 radical (unpaired) electrons. The van der Waals surface area contributed by atoms with Crippen LogP contribution in [-0.2, 0) is 0 Å². The van der Waals surface area contributed by atoms with E-state index in [-0.39, 0.29) is 0 Å². The molecule has 2 unspecified atom stereocenters. The highest BCUT2D eigenvalue weighted by atomic mass is 79.9. The Morgan fingerprint density at radius 2 is 2.06 bits per heavy atom. The average Bonchev–Trinajstić information content (AvgIpc) is 2.38. The van der Waals surface area contributed by atoms with Gasteiger partial charge in [-0.25, -0.2) is 0 Å². The van der Waals surface area contributed by atoms with Gasteiger partial charge < -0.3 is 10.2 Å². The molecule has 1 N–H and O–H groups in total. The molecule has 2 atom stereocenters. The summed E-state index contributed by atoms with van der Waals surface area (Å²) < 4.78 is 1.23. The fraction of sp³-hybridized carbons (Fsp3) is 0.571. The third-order valence-electron chi connectivity index (χ3n) is 4.11. The molecule has 0 aromatic heterocycles. The van der Waals surface area contributed by atoms with Gasteiger partial charge in [-0.15, -0.1) is 0 Å². The van der Waals surface area contributed by atoms with Gasteiger partial charge >= 0.3 is 0 Å². The predicted molar refractivity (Wildman–Crippen MR) is 77.7 cm³/mol. The summed E-state index contributed by atoms with van der Waals surface area (Å²) in [7, 11) is 2.22. The van der Waals surface area contributed by atoms with E-state index < -0.39 is 0 Å². The molecule has 2 aliphatic rings. The lowest BCUT2D eigenvalue weighted by molar-refractivity contribution is 0.0287. The van der Waals surface area contributed by atoms with Gasteiger partial charge in [0, 0.05) is 49.3 Å². The van der Waals surface area contributed by atoms with Crippen molar-refractivity contribution >= 4 is 15.9 Å². The first-order chi connectivity index (χ1) is 8.75. The molecule has 0 bridgehead atoms. The number of hydrogen-bond donors (Lipinski definition) is 1. The van der Waals surface area contributed by atoms with Crippen LogP contribution in [0.15, 0.2) is 28.7 Å². The summed E-state index contributed by atoms with van der Waals surface area (Å²) in [5.41, 5.74) is 1.42. The van der Waals surface area contributed by atoms with E-state index in [0.717, 1.165) is 13.1 Å². The molecule has 2 fully saturated rings. The second-order valence-corrected chi connectivity index (χ2v) is 6.20. The minimum atomic E-state index is 0.507. The molecule has 0 saturated carbocycles. The zero-order valence-corrected chi connectivity index (χ0v) is 12.4. The monoisotopic (exact) mass is 309 g/mol. The van der Waals surface area contributed by atoms with Crippen LogP contribution < -0.4 is 5.32 Å². The van der Waals surface area contributed by atoms with Crippen molar-refractivity contribution in [3.8, 4) is 0 Å². The molecule has 1 aromatic carbocycles. The lowest BCUT2D eigenvalue weighted by Crippen LogP contribution is -2.61. The van der Waals surface area contributed by atoms with E-state index in [1.807, 2.05) is 0 Å². The van der Waals surface area contributed by atoms with Crippen molar-refractivity contribution in [2.75, 3.05) is 39.8 Å². The molecule has 3 nitrogen and oxygen atoms in total. The summed E-state index contributed by atoms with van der Waals surface area (Å²) in [5, 5.41) is 3.59. The van der Waals surface area contributed by atoms with E-state index in [0.29, 0.717) is 12.1 Å². The van der Waals surface area contributed by atoms with E-state index in [4.69, 9.17) is 0 Å². The minimum absolute atomic E-state index is 0.507. The van der Waals surface area contributed by atoms with Crippen molar-refractivity contribution in [1.29, 1.82) is 0 Å². The van der Waals surface area contributed by atoms with Crippen molar-refractivity contribution in [3.05, 3.63) is 34.3 Å². The first kappa shape index (κ1) is 12.6. The molecule has 4 heteroatoms. The zero-order valence-electron chi connectivity index (χ0n) is 10.8. The fourth-order valence-electron chi connectivity index (χ4n) is 3.15. The van der Waals surface area contributed by atoms with Crippen LogP contribution in [0, 0.1) is 0 Å². The fourth-order valence-corrected chi connectivity index (χ4v) is 3.70. The Balaban J connectivity index is 1.86. The molecular formula is C14H20BrN3. The number of fused-ring (bicyclic) bond motifs is 1. The molecule has 98 valence electrons. The van der Waals surface area contributed by atoms with E-state index >= 15 is 0 Å². The minimum Gasteiger partial charge on any atom is -0.313 e. The van der Waals surface area contributed by atoms with Crippen molar-refractivity contribution < 1.29 is 0 Å². The van der Waals surface area contributed by atoms with Gasteiger partial charge in [-0.1, -0.05) is 34.1 Å². The lowest BCUT2D eigenvalue weighted by atomic mass is 9.98. The SMILES string of the molecule is CN1CCN2C(CNCC2c2ccccc2Br)C1. The Kier molecular flexibility index (Phi) is 3.71. The van der Waals surface area contributed by atoms with E-state index in [1.54, 1.807) is 0 Å². The molecule has 1 aromatic rings. The number of halogens is 1. The number of nitrogens with one attached hydrogen (secondary N) is 1. The Morgan fingerprint density at radius 3 is 2.89 bits per heavy atom. The van der Waals surface area contributed by atoms with Crippen LogP contribution in [0.1, 0.15) is 11.6 Å². The van der Waals surface area contributed by atoms with Gasteiger partial charge in [-0.3, -0.25) is 4.90 Å². The topological polar surface area (TPSA) is 18.5 Å². The Morgan fingerprint density at radius 1 is 1.22 bits per heavy atom. The van der Waals surface area contributed by atoms with Crippen molar-refractivity contribution in [1.82, 2.24) is 15.1 Å². The number of hydrogen-bond acceptors (Lipinski definition) is 3. The van der Waals surface area contributed by atoms with Crippen LogP contribution in [0.4, 0.5) is 0 Å². The second kappa shape index (κ2) is 5.29. The number of benzene rings is 1. The number of nitrogens with zero attached hydrogens (tertiary/aromatic N) is 2. The van der Waals surface area contributed by atoms with Gasteiger partial charge in [0.2, 0.25) is 0 Å². The van der Waals surface area contributed by atoms with E-state index in [2.05, 4.69) is 62.4 Å². The zero-order chi connectivity index (χ0) is 12.5. The highest BCUT2D eigenvalue weighted by Gasteiger charge is 2.35. The molecule has 3 rings (SSSR count). The standard InChI is InChI=1S/C14H20BrN3/c1-17-6-7-18-11(10-17)8-16-9-14(18)12-4-2-3-5-13(12)15/h2-5,11,14,16H,6-10H2,1H3. The molecule has 0 amide bonds. The number of piperazine rings is 2. The highest BCUT2D eigenvalue weighted by molar-refractivity contribution is 9.10. The first-order valence-corrected chi connectivity index (χ1v) is 7.44. The highest BCUT2D eigenvalue weighted by Crippen LogP contribution is 2.31. The molecule has 2 heterocycles. The summed E-state index contributed by atoms with van der Waals surface area (Å²) in [6.07, 6.45) is 0. The Hall–Kier alpha value is -0.420. The molecule has 2 aliphatic heterocycles. The summed E-state index contributed by atoms with van der Waals surface area (Å²) in [4.78, 5) is 5.11. The van der Waals surface area contributed by atoms with Crippen LogP contribution >= 0.6 is 15.9 Å². The van der Waals surface area contributed by atoms with Crippen LogP contribution in [-0.4, -0.2) is 55.6 Å². The molecular weight excluding hydrogens is 290 g/mol. The third kappa shape index (κ3) is 2.35. The quantitative estimate of drug-likeness (QED) is 0.852. The van der Waals surface area contributed by atoms with Gasteiger partial charge in [0.15, 0.2) is 0 Å². The van der Waals surface area contributed by atoms with Crippen LogP contribution in [0.5, 0.6) is 0 Å². The summed E-state index contributed by atoms with van der Waals surface area (Å²) >= 11 is 3.70. The van der Waals surface area contributed by atoms with Gasteiger partial charge in [-0.05, 0) is 18.7 Å². The smallest absolute Gasteiger partial charge is 0.0488 e. The Bertz CT molecular complexity index is 423. The Labute approximate surface area is 117 Å². The number of likely N-dealkylation sites (N-methyl/N-ethyl adjacent to an activating group) is 1. The summed E-state index contributed by atoms with van der Waals surface area (Å²) in [5.74, 6) is 0. The van der Waals surface area contributed by atoms with Crippen molar-refractivity contribution in [2.24, 2.45) is 0 Å². The largest absolute Gasteiger partial charge is 0.313 e. The maximum absolute atomic E-state index is 3.70. The second-order valence-electron chi connectivity index (χ2n) is 5.35. The van der Waals surface area contributed by atoms with Gasteiger partial charge in [0.05, 0.1) is 0 Å². The number of rotatable bonds is 1. The molecule has 0 spiro atoms. The average molecular weight is 310 g/mol. The summed E-state index contributed by atoms with van der Waals surface area (Å²) in [6, 6.07) is 9.78. The molecule has 2 saturated heterocycles. The van der Waals surface area contributed by atoms with Crippen molar-refractivity contribution in [3.63, 3.8) is 0 Å². The van der Waals surface area contributed by atoms with Crippen LogP contribution in [0.25, 0.3) is 0 Å². The predicted octanol–water partition coefficient (Wildman–Crippen LogP) is 1.71. The molecule has 18 heavy (non-hydrogen) atoms. The third-order valence-corrected chi connectivity index (χ3v) is 4.84. The molecule has 0 aliphatic carbocycles. The van der Waals surface area contributed by atoms with Crippen LogP contribution in [0.2, 0.25) is 0 Å². The van der Waals surface area contributed by atoms with Gasteiger partial charge in [-0.2, -0.15) is 0 Å². The van der Waals surface area contributed by atoms with Gasteiger partial charge in [0.1, 0.15) is 0 Å². The van der Waals surface area contributed by atoms with Crippen molar-refractivity contribution in [2.45, 2.75) is 12.1 Å². The first-order valence-electron chi connectivity index (χ1n) is 6.65. The maximum atomic E-state index is 3.70.